The lowest BCUT2D eigenvalue weighted by Crippen LogP contribution is -2.17. The van der Waals surface area contributed by atoms with E-state index in [0.29, 0.717) is 11.6 Å². The highest BCUT2D eigenvalue weighted by Gasteiger charge is 2.23. The van der Waals surface area contributed by atoms with Crippen molar-refractivity contribution in [1.29, 1.82) is 0 Å². The van der Waals surface area contributed by atoms with E-state index in [4.69, 9.17) is 0 Å². The number of hydrogen-bond donors (Lipinski definition) is 1. The van der Waals surface area contributed by atoms with Gasteiger partial charge in [0.05, 0.1) is 5.52 Å². The van der Waals surface area contributed by atoms with Gasteiger partial charge in [-0.15, -0.1) is 0 Å². The van der Waals surface area contributed by atoms with E-state index in [1.54, 1.807) is 10.8 Å². The van der Waals surface area contributed by atoms with Gasteiger partial charge in [0.2, 0.25) is 0 Å². The van der Waals surface area contributed by atoms with Crippen molar-refractivity contribution in [3.8, 4) is 0 Å². The SMILES string of the molecule is O=c1[nH]c2ncc(Br)cc2n1CC1CC1. The van der Waals surface area contributed by atoms with Crippen molar-refractivity contribution in [1.82, 2.24) is 14.5 Å². The standard InChI is InChI=1S/C10H10BrN3O/c11-7-3-8-9(12-4-7)13-10(15)14(8)5-6-1-2-6/h3-4,6H,1-2,5H2,(H,12,13,15). The molecule has 1 saturated carbocycles. The van der Waals surface area contributed by atoms with Crippen molar-refractivity contribution >= 4 is 27.1 Å². The summed E-state index contributed by atoms with van der Waals surface area (Å²) in [7, 11) is 0. The van der Waals surface area contributed by atoms with Crippen LogP contribution >= 0.6 is 15.9 Å². The Labute approximate surface area is 94.5 Å². The number of hydrogen-bond acceptors (Lipinski definition) is 2. The molecule has 5 heteroatoms. The monoisotopic (exact) mass is 267 g/mol. The van der Waals surface area contributed by atoms with Gasteiger partial charge in [-0.05, 0) is 40.8 Å². The van der Waals surface area contributed by atoms with Crippen molar-refractivity contribution < 1.29 is 0 Å². The molecule has 1 fully saturated rings. The Balaban J connectivity index is 2.20. The predicted octanol–water partition coefficient (Wildman–Crippen LogP) is 1.90. The molecule has 0 unspecified atom stereocenters. The molecule has 0 amide bonds. The minimum absolute atomic E-state index is 0.0532. The topological polar surface area (TPSA) is 50.7 Å². The molecule has 0 spiro atoms. The van der Waals surface area contributed by atoms with Gasteiger partial charge in [-0.25, -0.2) is 9.78 Å². The Hall–Kier alpha value is -1.10. The maximum absolute atomic E-state index is 11.7. The number of nitrogens with zero attached hydrogens (tertiary/aromatic N) is 2. The van der Waals surface area contributed by atoms with E-state index in [-0.39, 0.29) is 5.69 Å². The Morgan fingerprint density at radius 2 is 2.40 bits per heavy atom. The van der Waals surface area contributed by atoms with Crippen LogP contribution in [0.5, 0.6) is 0 Å². The molecule has 0 bridgehead atoms. The summed E-state index contributed by atoms with van der Waals surface area (Å²) >= 11 is 3.37. The van der Waals surface area contributed by atoms with Crippen LogP contribution in [0, 0.1) is 5.92 Å². The molecule has 15 heavy (non-hydrogen) atoms. The van der Waals surface area contributed by atoms with Crippen LogP contribution in [0.15, 0.2) is 21.5 Å². The highest BCUT2D eigenvalue weighted by molar-refractivity contribution is 9.10. The van der Waals surface area contributed by atoms with Gasteiger partial charge in [0.15, 0.2) is 5.65 Å². The van der Waals surface area contributed by atoms with Crippen LogP contribution in [0.3, 0.4) is 0 Å². The van der Waals surface area contributed by atoms with E-state index >= 15 is 0 Å². The summed E-state index contributed by atoms with van der Waals surface area (Å²) in [5.41, 5.74) is 1.51. The lowest BCUT2D eigenvalue weighted by molar-refractivity contribution is 0.624. The summed E-state index contributed by atoms with van der Waals surface area (Å²) in [6.07, 6.45) is 4.17. The van der Waals surface area contributed by atoms with Crippen LogP contribution in [-0.2, 0) is 6.54 Å². The number of halogens is 1. The third-order valence-electron chi connectivity index (χ3n) is 2.73. The average Bonchev–Trinajstić information content (AvgIpc) is 2.96. The summed E-state index contributed by atoms with van der Waals surface area (Å²) in [4.78, 5) is 18.6. The number of pyridine rings is 1. The second-order valence-electron chi connectivity index (χ2n) is 4.01. The summed E-state index contributed by atoms with van der Waals surface area (Å²) < 4.78 is 2.68. The molecule has 3 rings (SSSR count). The van der Waals surface area contributed by atoms with Gasteiger partial charge in [0.25, 0.3) is 0 Å². The molecule has 1 N–H and O–H groups in total. The molecular formula is C10H10BrN3O. The Morgan fingerprint density at radius 3 is 3.13 bits per heavy atom. The van der Waals surface area contributed by atoms with Crippen molar-refractivity contribution in [3.05, 3.63) is 27.2 Å². The van der Waals surface area contributed by atoms with E-state index in [2.05, 4.69) is 25.9 Å². The van der Waals surface area contributed by atoms with Gasteiger partial charge in [-0.1, -0.05) is 0 Å². The second kappa shape index (κ2) is 3.20. The number of rotatable bonds is 2. The fourth-order valence-corrected chi connectivity index (χ4v) is 2.07. The van der Waals surface area contributed by atoms with Crippen LogP contribution in [0.1, 0.15) is 12.8 Å². The van der Waals surface area contributed by atoms with Crippen LogP contribution in [0.25, 0.3) is 11.2 Å². The zero-order valence-electron chi connectivity index (χ0n) is 8.03. The predicted molar refractivity (Wildman–Crippen MR) is 60.8 cm³/mol. The van der Waals surface area contributed by atoms with Crippen LogP contribution in [0.2, 0.25) is 0 Å². The summed E-state index contributed by atoms with van der Waals surface area (Å²) in [5, 5.41) is 0. The largest absolute Gasteiger partial charge is 0.327 e. The summed E-state index contributed by atoms with van der Waals surface area (Å²) in [5.74, 6) is 0.681. The maximum atomic E-state index is 11.7. The zero-order chi connectivity index (χ0) is 10.4. The fourth-order valence-electron chi connectivity index (χ4n) is 1.75. The zero-order valence-corrected chi connectivity index (χ0v) is 9.62. The van der Waals surface area contributed by atoms with Gasteiger partial charge in [-0.2, -0.15) is 0 Å². The smallest absolute Gasteiger partial charge is 0.290 e. The van der Waals surface area contributed by atoms with Crippen molar-refractivity contribution in [3.63, 3.8) is 0 Å². The second-order valence-corrected chi connectivity index (χ2v) is 4.92. The highest BCUT2D eigenvalue weighted by Crippen LogP contribution is 2.31. The minimum Gasteiger partial charge on any atom is -0.290 e. The molecule has 2 heterocycles. The normalized spacial score (nSPS) is 16.1. The third-order valence-corrected chi connectivity index (χ3v) is 3.17. The van der Waals surface area contributed by atoms with Crippen molar-refractivity contribution in [2.45, 2.75) is 19.4 Å². The average molecular weight is 268 g/mol. The van der Waals surface area contributed by atoms with Crippen LogP contribution in [0.4, 0.5) is 0 Å². The lowest BCUT2D eigenvalue weighted by atomic mass is 10.4. The molecule has 4 nitrogen and oxygen atoms in total. The van der Waals surface area contributed by atoms with Gasteiger partial charge in [-0.3, -0.25) is 9.55 Å². The first-order valence-corrected chi connectivity index (χ1v) is 5.77. The number of aromatic nitrogens is 3. The fraction of sp³-hybridized carbons (Fsp3) is 0.400. The summed E-state index contributed by atoms with van der Waals surface area (Å²) in [6.45, 7) is 0.816. The van der Waals surface area contributed by atoms with Crippen molar-refractivity contribution in [2.24, 2.45) is 5.92 Å². The van der Waals surface area contributed by atoms with Crippen molar-refractivity contribution in [2.75, 3.05) is 0 Å². The van der Waals surface area contributed by atoms with E-state index in [1.165, 1.54) is 12.8 Å². The lowest BCUT2D eigenvalue weighted by Gasteiger charge is -2.00. The van der Waals surface area contributed by atoms with E-state index in [9.17, 15) is 4.79 Å². The first kappa shape index (κ1) is 9.15. The molecule has 2 aromatic rings. The molecule has 0 saturated heterocycles. The molecule has 0 radical (unpaired) electrons. The van der Waals surface area contributed by atoms with E-state index in [1.807, 2.05) is 6.07 Å². The van der Waals surface area contributed by atoms with E-state index < -0.39 is 0 Å². The van der Waals surface area contributed by atoms with Gasteiger partial charge >= 0.3 is 5.69 Å². The Morgan fingerprint density at radius 1 is 1.60 bits per heavy atom. The molecule has 0 aliphatic heterocycles. The molecule has 2 aromatic heterocycles. The molecule has 1 aliphatic rings. The molecular weight excluding hydrogens is 258 g/mol. The Kier molecular flexibility index (Phi) is 1.95. The van der Waals surface area contributed by atoms with Crippen LogP contribution in [-0.4, -0.2) is 14.5 Å². The van der Waals surface area contributed by atoms with Gasteiger partial charge in [0.1, 0.15) is 0 Å². The highest BCUT2D eigenvalue weighted by atomic mass is 79.9. The van der Waals surface area contributed by atoms with Gasteiger partial charge in [0, 0.05) is 17.2 Å². The maximum Gasteiger partial charge on any atom is 0.327 e. The van der Waals surface area contributed by atoms with Crippen LogP contribution < -0.4 is 5.69 Å². The third kappa shape index (κ3) is 1.61. The number of nitrogens with one attached hydrogen (secondary N) is 1. The molecule has 0 atom stereocenters. The Bertz CT molecular complexity index is 568. The molecule has 1 aliphatic carbocycles. The number of aromatic amines is 1. The van der Waals surface area contributed by atoms with E-state index in [0.717, 1.165) is 16.5 Å². The van der Waals surface area contributed by atoms with Gasteiger partial charge < -0.3 is 0 Å². The molecule has 0 aromatic carbocycles. The first-order chi connectivity index (χ1) is 7.24. The number of imidazole rings is 1. The first-order valence-electron chi connectivity index (χ1n) is 4.98. The minimum atomic E-state index is -0.0532. The summed E-state index contributed by atoms with van der Waals surface area (Å²) in [6, 6.07) is 1.93. The quantitative estimate of drug-likeness (QED) is 0.904. The number of fused-ring (bicyclic) bond motifs is 1. The molecule has 78 valence electrons. The number of H-pyrrole nitrogens is 1.